The first kappa shape index (κ1) is 15.1. The molecule has 0 aliphatic rings. The predicted octanol–water partition coefficient (Wildman–Crippen LogP) is 5.71. The third-order valence-corrected chi connectivity index (χ3v) is 3.96. The SMILES string of the molecule is CC(c1ccc(Cl)cc1)c1c(Cl)cc([N+](=O)[O-])cc1Cl. The van der Waals surface area contributed by atoms with Crippen molar-refractivity contribution >= 4 is 40.5 Å². The Morgan fingerprint density at radius 2 is 1.55 bits per heavy atom. The molecular formula is C14H10Cl3NO2. The van der Waals surface area contributed by atoms with Crippen LogP contribution in [0.15, 0.2) is 36.4 Å². The van der Waals surface area contributed by atoms with Gasteiger partial charge in [-0.25, -0.2) is 0 Å². The van der Waals surface area contributed by atoms with Gasteiger partial charge in [-0.2, -0.15) is 0 Å². The fraction of sp³-hybridized carbons (Fsp3) is 0.143. The molecule has 0 aromatic heterocycles. The molecule has 3 nitrogen and oxygen atoms in total. The number of hydrogen-bond acceptors (Lipinski definition) is 2. The van der Waals surface area contributed by atoms with Crippen LogP contribution in [0.2, 0.25) is 15.1 Å². The molecule has 2 aromatic rings. The van der Waals surface area contributed by atoms with Crippen molar-refractivity contribution in [1.29, 1.82) is 0 Å². The average Bonchev–Trinajstić information content (AvgIpc) is 2.38. The van der Waals surface area contributed by atoms with E-state index in [-0.39, 0.29) is 21.7 Å². The van der Waals surface area contributed by atoms with E-state index in [0.29, 0.717) is 10.6 Å². The van der Waals surface area contributed by atoms with Gasteiger partial charge < -0.3 is 0 Å². The minimum Gasteiger partial charge on any atom is -0.258 e. The van der Waals surface area contributed by atoms with Gasteiger partial charge in [-0.15, -0.1) is 0 Å². The van der Waals surface area contributed by atoms with E-state index >= 15 is 0 Å². The summed E-state index contributed by atoms with van der Waals surface area (Å²) in [6, 6.07) is 9.94. The topological polar surface area (TPSA) is 43.1 Å². The van der Waals surface area contributed by atoms with Gasteiger partial charge in [-0.05, 0) is 23.3 Å². The number of halogens is 3. The van der Waals surface area contributed by atoms with E-state index in [2.05, 4.69) is 0 Å². The maximum absolute atomic E-state index is 10.8. The Hall–Kier alpha value is -1.29. The summed E-state index contributed by atoms with van der Waals surface area (Å²) in [4.78, 5) is 10.2. The molecule has 20 heavy (non-hydrogen) atoms. The monoisotopic (exact) mass is 329 g/mol. The molecule has 0 aliphatic carbocycles. The van der Waals surface area contributed by atoms with Gasteiger partial charge in [-0.1, -0.05) is 53.9 Å². The van der Waals surface area contributed by atoms with Crippen molar-refractivity contribution in [2.45, 2.75) is 12.8 Å². The Labute approximate surface area is 131 Å². The van der Waals surface area contributed by atoms with Crippen LogP contribution in [-0.2, 0) is 0 Å². The highest BCUT2D eigenvalue weighted by Crippen LogP contribution is 2.38. The molecule has 2 rings (SSSR count). The van der Waals surface area contributed by atoms with Gasteiger partial charge in [0.1, 0.15) is 0 Å². The van der Waals surface area contributed by atoms with Gasteiger partial charge in [0.2, 0.25) is 0 Å². The van der Waals surface area contributed by atoms with Crippen LogP contribution in [0.4, 0.5) is 5.69 Å². The first-order valence-corrected chi connectivity index (χ1v) is 6.92. The fourth-order valence-corrected chi connectivity index (χ4v) is 2.94. The lowest BCUT2D eigenvalue weighted by Gasteiger charge is -2.16. The van der Waals surface area contributed by atoms with Crippen LogP contribution >= 0.6 is 34.8 Å². The number of hydrogen-bond donors (Lipinski definition) is 0. The van der Waals surface area contributed by atoms with Crippen LogP contribution < -0.4 is 0 Å². The molecule has 0 spiro atoms. The first-order valence-electron chi connectivity index (χ1n) is 5.79. The largest absolute Gasteiger partial charge is 0.272 e. The quantitative estimate of drug-likeness (QED) is 0.534. The summed E-state index contributed by atoms with van der Waals surface area (Å²) in [5.41, 5.74) is 1.53. The second kappa shape index (κ2) is 6.00. The lowest BCUT2D eigenvalue weighted by Crippen LogP contribution is -1.99. The van der Waals surface area contributed by atoms with Crippen LogP contribution in [0.3, 0.4) is 0 Å². The van der Waals surface area contributed by atoms with Crippen LogP contribution in [0.25, 0.3) is 0 Å². The van der Waals surface area contributed by atoms with Crippen molar-refractivity contribution < 1.29 is 4.92 Å². The number of benzene rings is 2. The molecule has 0 N–H and O–H groups in total. The Morgan fingerprint density at radius 3 is 2.00 bits per heavy atom. The van der Waals surface area contributed by atoms with Crippen molar-refractivity contribution in [3.63, 3.8) is 0 Å². The smallest absolute Gasteiger partial charge is 0.258 e. The van der Waals surface area contributed by atoms with E-state index in [1.165, 1.54) is 12.1 Å². The molecule has 0 bridgehead atoms. The van der Waals surface area contributed by atoms with Crippen molar-refractivity contribution in [3.8, 4) is 0 Å². The van der Waals surface area contributed by atoms with E-state index in [0.717, 1.165) is 5.56 Å². The molecule has 0 saturated carbocycles. The molecule has 0 radical (unpaired) electrons. The zero-order valence-corrected chi connectivity index (χ0v) is 12.7. The lowest BCUT2D eigenvalue weighted by atomic mass is 9.93. The van der Waals surface area contributed by atoms with E-state index < -0.39 is 4.92 Å². The highest BCUT2D eigenvalue weighted by Gasteiger charge is 2.20. The zero-order valence-electron chi connectivity index (χ0n) is 10.4. The normalized spacial score (nSPS) is 12.2. The summed E-state index contributed by atoms with van der Waals surface area (Å²) < 4.78 is 0. The van der Waals surface area contributed by atoms with Gasteiger partial charge in [0, 0.05) is 23.1 Å². The second-order valence-corrected chi connectivity index (χ2v) is 5.60. The summed E-state index contributed by atoms with van der Waals surface area (Å²) >= 11 is 18.1. The van der Waals surface area contributed by atoms with Crippen molar-refractivity contribution in [2.75, 3.05) is 0 Å². The molecule has 2 aromatic carbocycles. The number of non-ortho nitro benzene ring substituents is 1. The zero-order chi connectivity index (χ0) is 14.9. The third-order valence-electron chi connectivity index (χ3n) is 3.08. The minimum atomic E-state index is -0.519. The molecule has 1 atom stereocenters. The molecule has 0 saturated heterocycles. The molecular weight excluding hydrogens is 321 g/mol. The Kier molecular flexibility index (Phi) is 4.53. The van der Waals surface area contributed by atoms with E-state index in [1.807, 2.05) is 19.1 Å². The maximum Gasteiger partial charge on any atom is 0.272 e. The van der Waals surface area contributed by atoms with Crippen molar-refractivity contribution in [1.82, 2.24) is 0 Å². The Bertz CT molecular complexity index is 633. The third kappa shape index (κ3) is 3.06. The maximum atomic E-state index is 10.8. The first-order chi connectivity index (χ1) is 9.40. The van der Waals surface area contributed by atoms with E-state index in [1.54, 1.807) is 12.1 Å². The van der Waals surface area contributed by atoms with Crippen molar-refractivity contribution in [3.05, 3.63) is 72.7 Å². The van der Waals surface area contributed by atoms with Gasteiger partial charge >= 0.3 is 0 Å². The van der Waals surface area contributed by atoms with Gasteiger partial charge in [0.15, 0.2) is 0 Å². The standard InChI is InChI=1S/C14H10Cl3NO2/c1-8(9-2-4-10(15)5-3-9)14-12(16)6-11(18(19)20)7-13(14)17/h2-8H,1H3. The molecule has 1 unspecified atom stereocenters. The van der Waals surface area contributed by atoms with Crippen LogP contribution in [0.5, 0.6) is 0 Å². The van der Waals surface area contributed by atoms with Gasteiger partial charge in [-0.3, -0.25) is 10.1 Å². The summed E-state index contributed by atoms with van der Waals surface area (Å²) in [5, 5.41) is 12.0. The Balaban J connectivity index is 2.47. The van der Waals surface area contributed by atoms with E-state index in [9.17, 15) is 10.1 Å². The van der Waals surface area contributed by atoms with Crippen LogP contribution in [0.1, 0.15) is 24.0 Å². The summed E-state index contributed by atoms with van der Waals surface area (Å²) in [6.07, 6.45) is 0. The molecule has 104 valence electrons. The summed E-state index contributed by atoms with van der Waals surface area (Å²) in [6.45, 7) is 1.93. The summed E-state index contributed by atoms with van der Waals surface area (Å²) in [5.74, 6) is -0.0897. The molecule has 6 heteroatoms. The second-order valence-electron chi connectivity index (χ2n) is 4.35. The number of nitro groups is 1. The predicted molar refractivity (Wildman–Crippen MR) is 82.1 cm³/mol. The number of nitrogens with zero attached hydrogens (tertiary/aromatic N) is 1. The molecule has 0 heterocycles. The van der Waals surface area contributed by atoms with Crippen molar-refractivity contribution in [2.24, 2.45) is 0 Å². The van der Waals surface area contributed by atoms with Gasteiger partial charge in [0.25, 0.3) is 5.69 Å². The van der Waals surface area contributed by atoms with Gasteiger partial charge in [0.05, 0.1) is 15.0 Å². The minimum absolute atomic E-state index is 0.0897. The number of rotatable bonds is 3. The van der Waals surface area contributed by atoms with Crippen LogP contribution in [0, 0.1) is 10.1 Å². The number of nitro benzene ring substituents is 1. The van der Waals surface area contributed by atoms with Crippen LogP contribution in [-0.4, -0.2) is 4.92 Å². The fourth-order valence-electron chi connectivity index (χ4n) is 2.01. The average molecular weight is 331 g/mol. The molecule has 0 fully saturated rings. The highest BCUT2D eigenvalue weighted by molar-refractivity contribution is 6.36. The van der Waals surface area contributed by atoms with E-state index in [4.69, 9.17) is 34.8 Å². The Morgan fingerprint density at radius 1 is 1.05 bits per heavy atom. The molecule has 0 amide bonds. The lowest BCUT2D eigenvalue weighted by molar-refractivity contribution is -0.384. The highest BCUT2D eigenvalue weighted by atomic mass is 35.5. The molecule has 0 aliphatic heterocycles. The summed E-state index contributed by atoms with van der Waals surface area (Å²) in [7, 11) is 0.